The van der Waals surface area contributed by atoms with E-state index in [1.54, 1.807) is 0 Å². The van der Waals surface area contributed by atoms with Gasteiger partial charge in [0.25, 0.3) is 0 Å². The summed E-state index contributed by atoms with van der Waals surface area (Å²) in [5.74, 6) is -0.988. The average molecular weight is 235 g/mol. The van der Waals surface area contributed by atoms with Crippen molar-refractivity contribution in [1.82, 2.24) is 4.98 Å². The topological polar surface area (TPSA) is 71.9 Å². The van der Waals surface area contributed by atoms with E-state index in [1.165, 1.54) is 6.07 Å². The number of rotatable bonds is 2. The van der Waals surface area contributed by atoms with Crippen LogP contribution in [0.5, 0.6) is 5.75 Å². The third kappa shape index (κ3) is 2.50. The summed E-state index contributed by atoms with van der Waals surface area (Å²) in [6.07, 6.45) is -4.14. The summed E-state index contributed by atoms with van der Waals surface area (Å²) < 4.78 is 51.8. The molecule has 0 radical (unpaired) electrons. The summed E-state index contributed by atoms with van der Waals surface area (Å²) in [5, 5.41) is 8.59. The van der Waals surface area contributed by atoms with Crippen LogP contribution in [0.2, 0.25) is 0 Å². The van der Waals surface area contributed by atoms with Crippen molar-refractivity contribution in [3.8, 4) is 11.8 Å². The van der Waals surface area contributed by atoms with E-state index in [2.05, 4.69) is 9.72 Å². The number of nitrogens with two attached hydrogens (primary N) is 1. The van der Waals surface area contributed by atoms with Crippen molar-refractivity contribution in [2.45, 2.75) is 13.0 Å². The Hall–Kier alpha value is -2.04. The van der Waals surface area contributed by atoms with Crippen molar-refractivity contribution in [2.75, 3.05) is 5.73 Å². The molecular formula is C8H5F4N3O. The standard InChI is InChI=1S/C8H5F4N3O/c9-1-6-7(16-8(10,11)12)4(2-13)5(14)3-15-6/h3H,1,14H2. The number of nitriles is 1. The van der Waals surface area contributed by atoms with Crippen molar-refractivity contribution >= 4 is 5.69 Å². The molecule has 0 saturated heterocycles. The number of aromatic nitrogens is 1. The normalized spacial score (nSPS) is 10.9. The molecule has 0 atom stereocenters. The smallest absolute Gasteiger partial charge is 0.402 e. The lowest BCUT2D eigenvalue weighted by atomic mass is 10.2. The van der Waals surface area contributed by atoms with E-state index >= 15 is 0 Å². The van der Waals surface area contributed by atoms with E-state index < -0.39 is 30.0 Å². The number of hydrogen-bond donors (Lipinski definition) is 1. The van der Waals surface area contributed by atoms with Gasteiger partial charge in [-0.25, -0.2) is 4.39 Å². The summed E-state index contributed by atoms with van der Waals surface area (Å²) >= 11 is 0. The Kier molecular flexibility index (Phi) is 3.17. The third-order valence-corrected chi connectivity index (χ3v) is 1.59. The van der Waals surface area contributed by atoms with Crippen LogP contribution in [0.3, 0.4) is 0 Å². The number of nitrogen functional groups attached to an aromatic ring is 1. The lowest BCUT2D eigenvalue weighted by molar-refractivity contribution is -0.275. The zero-order chi connectivity index (χ0) is 12.3. The van der Waals surface area contributed by atoms with Gasteiger partial charge in [0.05, 0.1) is 11.9 Å². The summed E-state index contributed by atoms with van der Waals surface area (Å²) in [6, 6.07) is 1.40. The quantitative estimate of drug-likeness (QED) is 0.794. The van der Waals surface area contributed by atoms with E-state index in [1.807, 2.05) is 0 Å². The van der Waals surface area contributed by atoms with Crippen LogP contribution < -0.4 is 10.5 Å². The number of hydrogen-bond acceptors (Lipinski definition) is 4. The van der Waals surface area contributed by atoms with Gasteiger partial charge in [0, 0.05) is 0 Å². The highest BCUT2D eigenvalue weighted by atomic mass is 19.4. The molecule has 1 heterocycles. The number of alkyl halides is 4. The molecular weight excluding hydrogens is 230 g/mol. The van der Waals surface area contributed by atoms with Gasteiger partial charge >= 0.3 is 6.36 Å². The van der Waals surface area contributed by atoms with Crippen LogP contribution >= 0.6 is 0 Å². The Morgan fingerprint density at radius 1 is 1.50 bits per heavy atom. The highest BCUT2D eigenvalue weighted by Crippen LogP contribution is 2.32. The Morgan fingerprint density at radius 3 is 2.56 bits per heavy atom. The second kappa shape index (κ2) is 4.22. The number of anilines is 1. The average Bonchev–Trinajstić information content (AvgIpc) is 2.16. The molecule has 0 aromatic carbocycles. The summed E-state index contributed by atoms with van der Waals surface area (Å²) in [6.45, 7) is -1.29. The zero-order valence-corrected chi connectivity index (χ0v) is 7.68. The van der Waals surface area contributed by atoms with E-state index in [4.69, 9.17) is 11.0 Å². The minimum atomic E-state index is -5.04. The molecule has 8 heteroatoms. The summed E-state index contributed by atoms with van der Waals surface area (Å²) in [7, 11) is 0. The predicted molar refractivity (Wildman–Crippen MR) is 44.9 cm³/mol. The maximum atomic E-state index is 12.3. The predicted octanol–water partition coefficient (Wildman–Crippen LogP) is 1.90. The SMILES string of the molecule is N#Cc1c(N)cnc(CF)c1OC(F)(F)F. The first kappa shape index (κ1) is 12.0. The second-order valence-electron chi connectivity index (χ2n) is 2.66. The van der Waals surface area contributed by atoms with Gasteiger partial charge in [-0.05, 0) is 0 Å². The molecule has 0 bridgehead atoms. The summed E-state index contributed by atoms with van der Waals surface area (Å²) in [5.41, 5.74) is 3.71. The number of halogens is 4. The van der Waals surface area contributed by atoms with Crippen LogP contribution in [0.25, 0.3) is 0 Å². The molecule has 0 unspecified atom stereocenters. The van der Waals surface area contributed by atoms with Gasteiger partial charge in [-0.2, -0.15) is 5.26 Å². The van der Waals surface area contributed by atoms with E-state index in [0.717, 1.165) is 6.20 Å². The van der Waals surface area contributed by atoms with Gasteiger partial charge in [-0.1, -0.05) is 0 Å². The van der Waals surface area contributed by atoms with E-state index in [9.17, 15) is 17.6 Å². The molecule has 16 heavy (non-hydrogen) atoms. The fourth-order valence-corrected chi connectivity index (χ4v) is 0.982. The highest BCUT2D eigenvalue weighted by Gasteiger charge is 2.34. The number of pyridine rings is 1. The largest absolute Gasteiger partial charge is 0.573 e. The molecule has 1 rings (SSSR count). The Morgan fingerprint density at radius 2 is 2.12 bits per heavy atom. The Balaban J connectivity index is 3.33. The lowest BCUT2D eigenvalue weighted by Gasteiger charge is -2.13. The molecule has 0 aliphatic carbocycles. The summed E-state index contributed by atoms with van der Waals surface area (Å²) in [4.78, 5) is 3.31. The van der Waals surface area contributed by atoms with Crippen molar-refractivity contribution in [2.24, 2.45) is 0 Å². The maximum absolute atomic E-state index is 12.3. The van der Waals surface area contributed by atoms with E-state index in [-0.39, 0.29) is 5.69 Å². The molecule has 2 N–H and O–H groups in total. The molecule has 4 nitrogen and oxygen atoms in total. The molecule has 1 aromatic heterocycles. The van der Waals surface area contributed by atoms with Gasteiger partial charge in [-0.15, -0.1) is 13.2 Å². The van der Waals surface area contributed by atoms with Gasteiger partial charge in [-0.3, -0.25) is 4.98 Å². The first-order chi connectivity index (χ1) is 7.39. The van der Waals surface area contributed by atoms with Crippen LogP contribution in [0.4, 0.5) is 23.2 Å². The fraction of sp³-hybridized carbons (Fsp3) is 0.250. The third-order valence-electron chi connectivity index (χ3n) is 1.59. The van der Waals surface area contributed by atoms with Gasteiger partial charge in [0.2, 0.25) is 0 Å². The molecule has 0 aliphatic rings. The Labute approximate surface area is 87.3 Å². The van der Waals surface area contributed by atoms with Crippen molar-refractivity contribution < 1.29 is 22.3 Å². The van der Waals surface area contributed by atoms with Crippen LogP contribution in [-0.4, -0.2) is 11.3 Å². The Bertz CT molecular complexity index is 438. The van der Waals surface area contributed by atoms with Gasteiger partial charge < -0.3 is 10.5 Å². The van der Waals surface area contributed by atoms with Crippen LogP contribution in [0, 0.1) is 11.3 Å². The van der Waals surface area contributed by atoms with Crippen molar-refractivity contribution in [3.63, 3.8) is 0 Å². The monoisotopic (exact) mass is 235 g/mol. The molecule has 0 aliphatic heterocycles. The maximum Gasteiger partial charge on any atom is 0.573 e. The van der Waals surface area contributed by atoms with E-state index in [0.29, 0.717) is 0 Å². The molecule has 1 aromatic rings. The molecule has 86 valence electrons. The first-order valence-corrected chi connectivity index (χ1v) is 3.88. The van der Waals surface area contributed by atoms with Crippen LogP contribution in [0.1, 0.15) is 11.3 Å². The fourth-order valence-electron chi connectivity index (χ4n) is 0.982. The van der Waals surface area contributed by atoms with Crippen molar-refractivity contribution in [3.05, 3.63) is 17.5 Å². The molecule has 0 spiro atoms. The van der Waals surface area contributed by atoms with Crippen molar-refractivity contribution in [1.29, 1.82) is 5.26 Å². The van der Waals surface area contributed by atoms with Crippen LogP contribution in [-0.2, 0) is 6.67 Å². The second-order valence-corrected chi connectivity index (χ2v) is 2.66. The van der Waals surface area contributed by atoms with Gasteiger partial charge in [0.1, 0.15) is 24.0 Å². The minimum absolute atomic E-state index is 0.307. The zero-order valence-electron chi connectivity index (χ0n) is 7.68. The molecule has 0 saturated carbocycles. The lowest BCUT2D eigenvalue weighted by Crippen LogP contribution is -2.19. The molecule has 0 amide bonds. The van der Waals surface area contributed by atoms with Crippen LogP contribution in [0.15, 0.2) is 6.20 Å². The molecule has 0 fully saturated rings. The van der Waals surface area contributed by atoms with Gasteiger partial charge in [0.15, 0.2) is 5.75 Å². The number of ether oxygens (including phenoxy) is 1. The number of nitrogens with zero attached hydrogens (tertiary/aromatic N) is 2. The highest BCUT2D eigenvalue weighted by molar-refractivity contribution is 5.61. The first-order valence-electron chi connectivity index (χ1n) is 3.88. The minimum Gasteiger partial charge on any atom is -0.402 e.